The van der Waals surface area contributed by atoms with Gasteiger partial charge in [-0.05, 0) is 6.92 Å². The van der Waals surface area contributed by atoms with Gasteiger partial charge in [-0.25, -0.2) is 9.37 Å². The summed E-state index contributed by atoms with van der Waals surface area (Å²) in [7, 11) is 0. The first-order valence-electron chi connectivity index (χ1n) is 6.85. The van der Waals surface area contributed by atoms with Gasteiger partial charge in [0.05, 0.1) is 19.5 Å². The third kappa shape index (κ3) is 2.47. The Morgan fingerprint density at radius 3 is 2.91 bits per heavy atom. The molecule has 1 aliphatic rings. The summed E-state index contributed by atoms with van der Waals surface area (Å²) < 4.78 is 26.5. The molecule has 3 heterocycles. The minimum Gasteiger partial charge on any atom is -0.476 e. The van der Waals surface area contributed by atoms with Gasteiger partial charge in [-0.2, -0.15) is 9.97 Å². The highest BCUT2D eigenvalue weighted by molar-refractivity contribution is 6.23. The van der Waals surface area contributed by atoms with Crippen molar-refractivity contribution in [3.63, 3.8) is 0 Å². The van der Waals surface area contributed by atoms with Crippen molar-refractivity contribution in [2.45, 2.75) is 30.5 Å². The molecule has 4 N–H and O–H groups in total. The highest BCUT2D eigenvalue weighted by atomic mass is 35.5. The van der Waals surface area contributed by atoms with E-state index in [9.17, 15) is 9.50 Å². The molecule has 2 aromatic rings. The number of aliphatic hydroxyl groups is 2. The van der Waals surface area contributed by atoms with Gasteiger partial charge in [0, 0.05) is 0 Å². The maximum absolute atomic E-state index is 14.7. The Kier molecular flexibility index (Phi) is 4.00. The van der Waals surface area contributed by atoms with Crippen LogP contribution in [0.3, 0.4) is 0 Å². The summed E-state index contributed by atoms with van der Waals surface area (Å²) in [4.78, 5) is 12.0. The monoisotopic (exact) mass is 347 g/mol. The molecule has 0 saturated carbocycles. The third-order valence-electron chi connectivity index (χ3n) is 3.50. The van der Waals surface area contributed by atoms with E-state index in [1.165, 1.54) is 10.9 Å². The molecule has 0 aliphatic carbocycles. The minimum absolute atomic E-state index is 0.0982. The van der Waals surface area contributed by atoms with Crippen molar-refractivity contribution in [2.24, 2.45) is 0 Å². The second kappa shape index (κ2) is 5.71. The lowest BCUT2D eigenvalue weighted by molar-refractivity contribution is -0.0482. The number of hydrogen-bond donors (Lipinski definition) is 3. The zero-order valence-corrected chi connectivity index (χ0v) is 12.8. The van der Waals surface area contributed by atoms with Gasteiger partial charge in [0.1, 0.15) is 12.2 Å². The van der Waals surface area contributed by atoms with Crippen LogP contribution in [0.25, 0.3) is 11.2 Å². The van der Waals surface area contributed by atoms with Crippen molar-refractivity contribution in [3.8, 4) is 5.88 Å². The van der Waals surface area contributed by atoms with E-state index in [0.717, 1.165) is 0 Å². The number of aliphatic hydroxyl groups excluding tert-OH is 2. The molecule has 3 rings (SSSR count). The van der Waals surface area contributed by atoms with Gasteiger partial charge in [0.15, 0.2) is 17.4 Å². The summed E-state index contributed by atoms with van der Waals surface area (Å²) in [6.07, 6.45) is -3.12. The molecule has 1 aliphatic heterocycles. The number of rotatable bonds is 4. The maximum atomic E-state index is 14.7. The van der Waals surface area contributed by atoms with Crippen molar-refractivity contribution in [1.29, 1.82) is 0 Å². The summed E-state index contributed by atoms with van der Waals surface area (Å²) in [5, 5.41) is 16.3. The van der Waals surface area contributed by atoms with Gasteiger partial charge in [-0.1, -0.05) is 11.6 Å². The van der Waals surface area contributed by atoms with E-state index >= 15 is 0 Å². The van der Waals surface area contributed by atoms with E-state index in [1.54, 1.807) is 6.92 Å². The number of halogens is 2. The molecule has 23 heavy (non-hydrogen) atoms. The Morgan fingerprint density at radius 2 is 2.30 bits per heavy atom. The predicted molar refractivity (Wildman–Crippen MR) is 77.6 cm³/mol. The van der Waals surface area contributed by atoms with Gasteiger partial charge in [-0.3, -0.25) is 4.57 Å². The van der Waals surface area contributed by atoms with E-state index in [4.69, 9.17) is 31.9 Å². The molecule has 126 valence electrons. The Bertz CT molecular complexity index is 727. The van der Waals surface area contributed by atoms with Gasteiger partial charge in [0.25, 0.3) is 5.13 Å². The van der Waals surface area contributed by atoms with Crippen LogP contribution in [0.4, 0.5) is 10.3 Å². The molecule has 0 aromatic carbocycles. The van der Waals surface area contributed by atoms with Crippen LogP contribution >= 0.6 is 11.6 Å². The maximum Gasteiger partial charge on any atom is 0.256 e. The average molecular weight is 348 g/mol. The summed E-state index contributed by atoms with van der Waals surface area (Å²) in [5.41, 5.74) is 6.02. The fraction of sp³-hybridized carbons (Fsp3) is 0.583. The first-order chi connectivity index (χ1) is 10.9. The molecular weight excluding hydrogens is 333 g/mol. The lowest BCUT2D eigenvalue weighted by Gasteiger charge is -2.22. The van der Waals surface area contributed by atoms with Crippen LogP contribution in [0.2, 0.25) is 0 Å². The number of anilines is 1. The highest BCUT2D eigenvalue weighted by Gasteiger charge is 2.57. The number of nitrogen functional groups attached to an aromatic ring is 1. The highest BCUT2D eigenvalue weighted by Crippen LogP contribution is 2.45. The molecule has 4 atom stereocenters. The zero-order chi connectivity index (χ0) is 16.8. The lowest BCUT2D eigenvalue weighted by Crippen LogP contribution is -2.38. The zero-order valence-electron chi connectivity index (χ0n) is 12.1. The summed E-state index contributed by atoms with van der Waals surface area (Å²) >= 11 is 5.78. The van der Waals surface area contributed by atoms with Crippen molar-refractivity contribution < 1.29 is 24.1 Å². The fourth-order valence-corrected chi connectivity index (χ4v) is 2.73. The van der Waals surface area contributed by atoms with Gasteiger partial charge in [0.2, 0.25) is 11.8 Å². The lowest BCUT2D eigenvalue weighted by atomic mass is 10.1. The molecule has 2 aromatic heterocycles. The summed E-state index contributed by atoms with van der Waals surface area (Å²) in [5.74, 6) is 0.0454. The smallest absolute Gasteiger partial charge is 0.256 e. The minimum atomic E-state index is -2.67. The number of nitrogens with zero attached hydrogens (tertiary/aromatic N) is 4. The second-order valence-corrected chi connectivity index (χ2v) is 5.55. The molecule has 0 spiro atoms. The SMILES string of the molecule is CCOc1nc(N)nc2c1ncn2[C@@H]1O[C@H](CO)[C@@H](O)[C@@]1(F)Cl. The van der Waals surface area contributed by atoms with Crippen molar-refractivity contribution >= 4 is 28.7 Å². The summed E-state index contributed by atoms with van der Waals surface area (Å²) in [6.45, 7) is 1.49. The van der Waals surface area contributed by atoms with Crippen LogP contribution in [0, 0.1) is 0 Å². The quantitative estimate of drug-likeness (QED) is 0.657. The number of imidazole rings is 1. The molecule has 0 amide bonds. The van der Waals surface area contributed by atoms with Crippen LogP contribution in [-0.4, -0.2) is 60.3 Å². The number of ether oxygens (including phenoxy) is 2. The Morgan fingerprint density at radius 1 is 1.57 bits per heavy atom. The predicted octanol–water partition coefficient (Wildman–Crippen LogP) is -0.0376. The standard InChI is InChI=1S/C12H15ClFN5O4/c1-2-22-9-6-8(17-11(15)18-9)19(4-16-6)10-12(13,14)7(21)5(3-20)23-10/h4-5,7,10,20-21H,2-3H2,1H3,(H2,15,17,18)/t5-,7-,10-,12+/m1/s1. The van der Waals surface area contributed by atoms with Crippen molar-refractivity contribution in [1.82, 2.24) is 19.5 Å². The molecule has 0 bridgehead atoms. The van der Waals surface area contributed by atoms with Crippen LogP contribution in [0.15, 0.2) is 6.33 Å². The molecule has 9 nitrogen and oxygen atoms in total. The van der Waals surface area contributed by atoms with Crippen LogP contribution in [-0.2, 0) is 4.74 Å². The third-order valence-corrected chi connectivity index (χ3v) is 3.91. The van der Waals surface area contributed by atoms with E-state index in [0.29, 0.717) is 6.61 Å². The van der Waals surface area contributed by atoms with Gasteiger partial charge >= 0.3 is 0 Å². The van der Waals surface area contributed by atoms with E-state index in [-0.39, 0.29) is 23.0 Å². The molecule has 1 fully saturated rings. The average Bonchev–Trinajstić information content (AvgIpc) is 3.00. The van der Waals surface area contributed by atoms with Crippen molar-refractivity contribution in [3.05, 3.63) is 6.33 Å². The van der Waals surface area contributed by atoms with Crippen molar-refractivity contribution in [2.75, 3.05) is 18.9 Å². The second-order valence-electron chi connectivity index (χ2n) is 4.97. The van der Waals surface area contributed by atoms with E-state index in [2.05, 4.69) is 15.0 Å². The number of fused-ring (bicyclic) bond motifs is 1. The van der Waals surface area contributed by atoms with Crippen LogP contribution in [0.5, 0.6) is 5.88 Å². The Balaban J connectivity index is 2.10. The normalized spacial score (nSPS) is 30.9. The number of alkyl halides is 2. The Labute approximate surface area is 134 Å². The Hall–Kier alpha value is -1.75. The first-order valence-corrected chi connectivity index (χ1v) is 7.23. The molecular formula is C12H15ClFN5O4. The van der Waals surface area contributed by atoms with Gasteiger partial charge < -0.3 is 25.4 Å². The van der Waals surface area contributed by atoms with E-state index < -0.39 is 30.2 Å². The number of aromatic nitrogens is 4. The molecule has 0 radical (unpaired) electrons. The van der Waals surface area contributed by atoms with Crippen LogP contribution < -0.4 is 10.5 Å². The molecule has 0 unspecified atom stereocenters. The largest absolute Gasteiger partial charge is 0.476 e. The fourth-order valence-electron chi connectivity index (χ4n) is 2.43. The number of nitrogens with two attached hydrogens (primary N) is 1. The van der Waals surface area contributed by atoms with Crippen LogP contribution in [0.1, 0.15) is 13.2 Å². The van der Waals surface area contributed by atoms with E-state index in [1.807, 2.05) is 0 Å². The molecule has 1 saturated heterocycles. The number of hydrogen-bond acceptors (Lipinski definition) is 8. The topological polar surface area (TPSA) is 129 Å². The summed E-state index contributed by atoms with van der Waals surface area (Å²) in [6, 6.07) is 0. The first kappa shape index (κ1) is 16.1. The molecule has 11 heteroatoms. The van der Waals surface area contributed by atoms with Gasteiger partial charge in [-0.15, -0.1) is 0 Å².